The number of rotatable bonds is 8. The van der Waals surface area contributed by atoms with Crippen molar-refractivity contribution in [2.24, 2.45) is 0 Å². The Morgan fingerprint density at radius 2 is 1.70 bits per heavy atom. The number of ether oxygens (including phenoxy) is 3. The Morgan fingerprint density at radius 3 is 2.15 bits per heavy atom. The minimum atomic E-state index is -4.39. The average Bonchev–Trinajstić information content (AvgIpc) is 3.23. The smallest absolute Gasteiger partial charge is 0.268 e. The van der Waals surface area contributed by atoms with Crippen molar-refractivity contribution in [3.05, 3.63) is 52.5 Å². The Labute approximate surface area is 199 Å². The van der Waals surface area contributed by atoms with Crippen LogP contribution in [-0.4, -0.2) is 63.4 Å². The van der Waals surface area contributed by atoms with E-state index in [1.165, 1.54) is 21.3 Å². The maximum absolute atomic E-state index is 13.5. The first-order valence-corrected chi connectivity index (χ1v) is 12.3. The van der Waals surface area contributed by atoms with Crippen LogP contribution in [0.1, 0.15) is 35.7 Å². The van der Waals surface area contributed by atoms with E-state index < -0.39 is 20.8 Å². The van der Waals surface area contributed by atoms with Crippen LogP contribution in [0.25, 0.3) is 0 Å². The second-order valence-electron chi connectivity index (χ2n) is 7.97. The van der Waals surface area contributed by atoms with Gasteiger partial charge in [0, 0.05) is 29.1 Å². The van der Waals surface area contributed by atoms with E-state index in [0.717, 1.165) is 0 Å². The number of halogens is 1. The first-order valence-electron chi connectivity index (χ1n) is 10.4. The predicted octanol–water partition coefficient (Wildman–Crippen LogP) is 3.82. The molecule has 0 radical (unpaired) electrons. The molecule has 2 aromatic rings. The maximum atomic E-state index is 13.5. The Bertz CT molecular complexity index is 1100. The molecule has 10 heteroatoms. The molecular formula is C23H28ClNO7S. The van der Waals surface area contributed by atoms with Gasteiger partial charge in [-0.2, -0.15) is 8.42 Å². The lowest BCUT2D eigenvalue weighted by molar-refractivity contribution is 0.0781. The lowest BCUT2D eigenvalue weighted by Crippen LogP contribution is -2.47. The van der Waals surface area contributed by atoms with Crippen LogP contribution in [0.15, 0.2) is 36.4 Å². The molecule has 1 saturated heterocycles. The molecule has 0 aromatic heterocycles. The monoisotopic (exact) mass is 497 g/mol. The minimum absolute atomic E-state index is 0.114. The average molecular weight is 498 g/mol. The van der Waals surface area contributed by atoms with E-state index in [1.54, 1.807) is 48.2 Å². The van der Waals surface area contributed by atoms with Crippen molar-refractivity contribution in [1.82, 2.24) is 4.90 Å². The van der Waals surface area contributed by atoms with E-state index in [-0.39, 0.29) is 18.9 Å². The van der Waals surface area contributed by atoms with Crippen molar-refractivity contribution in [3.63, 3.8) is 0 Å². The van der Waals surface area contributed by atoms with Crippen molar-refractivity contribution in [2.75, 3.05) is 34.4 Å². The third-order valence-electron chi connectivity index (χ3n) is 6.27. The molecule has 8 nitrogen and oxygen atoms in total. The summed E-state index contributed by atoms with van der Waals surface area (Å²) in [7, 11) is 0.0149. The van der Waals surface area contributed by atoms with Crippen LogP contribution in [0.5, 0.6) is 17.2 Å². The molecule has 1 N–H and O–H groups in total. The SMILES string of the molecule is CCC(C1(c2ccc(Cl)cc2)CCN(C(=O)c2cc(OC)c(OC)c(OC)c2)C1)S(=O)(=O)O. The lowest BCUT2D eigenvalue weighted by atomic mass is 9.75. The number of benzene rings is 2. The summed E-state index contributed by atoms with van der Waals surface area (Å²) in [5, 5.41) is -0.568. The van der Waals surface area contributed by atoms with Crippen LogP contribution in [0, 0.1) is 0 Å². The van der Waals surface area contributed by atoms with E-state index in [0.29, 0.717) is 46.4 Å². The fraction of sp³-hybridized carbons (Fsp3) is 0.435. The number of hydrogen-bond acceptors (Lipinski definition) is 6. The minimum Gasteiger partial charge on any atom is -0.493 e. The second kappa shape index (κ2) is 9.79. The number of carbonyl (C=O) groups excluding carboxylic acids is 1. The third kappa shape index (κ3) is 4.76. The molecule has 3 rings (SSSR count). The van der Waals surface area contributed by atoms with Gasteiger partial charge in [0.15, 0.2) is 11.5 Å². The molecule has 2 atom stereocenters. The summed E-state index contributed by atoms with van der Waals surface area (Å²) in [6.45, 7) is 2.13. The van der Waals surface area contributed by atoms with Gasteiger partial charge >= 0.3 is 0 Å². The number of hydrogen-bond donors (Lipinski definition) is 1. The van der Waals surface area contributed by atoms with Crippen LogP contribution < -0.4 is 14.2 Å². The zero-order chi connectivity index (χ0) is 24.4. The Balaban J connectivity index is 2.04. The number of likely N-dealkylation sites (tertiary alicyclic amines) is 1. The molecule has 0 aliphatic carbocycles. The van der Waals surface area contributed by atoms with Crippen molar-refractivity contribution < 1.29 is 32.0 Å². The molecule has 1 aliphatic heterocycles. The summed E-state index contributed by atoms with van der Waals surface area (Å²) in [5.74, 6) is 0.738. The summed E-state index contributed by atoms with van der Waals surface area (Å²) in [6.07, 6.45) is 0.552. The maximum Gasteiger partial charge on any atom is 0.268 e. The van der Waals surface area contributed by atoms with Gasteiger partial charge in [-0.3, -0.25) is 9.35 Å². The van der Waals surface area contributed by atoms with E-state index in [2.05, 4.69) is 0 Å². The summed E-state index contributed by atoms with van der Waals surface area (Å²) < 4.78 is 50.8. The first kappa shape index (κ1) is 25.1. The van der Waals surface area contributed by atoms with Gasteiger partial charge < -0.3 is 19.1 Å². The largest absolute Gasteiger partial charge is 0.493 e. The van der Waals surface area contributed by atoms with E-state index in [9.17, 15) is 17.8 Å². The predicted molar refractivity (Wildman–Crippen MR) is 125 cm³/mol. The highest BCUT2D eigenvalue weighted by Crippen LogP contribution is 2.44. The third-order valence-corrected chi connectivity index (χ3v) is 8.02. The molecule has 33 heavy (non-hydrogen) atoms. The van der Waals surface area contributed by atoms with Crippen LogP contribution in [0.3, 0.4) is 0 Å². The standard InChI is InChI=1S/C23H28ClNO7S/c1-5-20(33(27,28)29)23(16-6-8-17(24)9-7-16)10-11-25(14-23)22(26)15-12-18(30-2)21(32-4)19(13-15)31-3/h6-9,12-13,20H,5,10-11,14H2,1-4H3,(H,27,28,29). The quantitative estimate of drug-likeness (QED) is 0.553. The van der Waals surface area contributed by atoms with Crippen LogP contribution in [0.4, 0.5) is 0 Å². The fourth-order valence-corrected chi connectivity index (χ4v) is 6.19. The van der Waals surface area contributed by atoms with E-state index in [4.69, 9.17) is 25.8 Å². The number of carbonyl (C=O) groups is 1. The Kier molecular flexibility index (Phi) is 7.45. The van der Waals surface area contributed by atoms with Gasteiger partial charge in [0.2, 0.25) is 5.75 Å². The van der Waals surface area contributed by atoms with Gasteiger partial charge in [0.05, 0.1) is 26.6 Å². The molecule has 1 amide bonds. The van der Waals surface area contributed by atoms with Crippen molar-refractivity contribution in [2.45, 2.75) is 30.4 Å². The molecule has 0 spiro atoms. The molecular weight excluding hydrogens is 470 g/mol. The normalized spacial score (nSPS) is 19.3. The zero-order valence-electron chi connectivity index (χ0n) is 19.0. The molecule has 1 aliphatic rings. The molecule has 2 aromatic carbocycles. The molecule has 0 bridgehead atoms. The van der Waals surface area contributed by atoms with E-state index in [1.807, 2.05) is 0 Å². The number of nitrogens with zero attached hydrogens (tertiary/aromatic N) is 1. The molecule has 1 fully saturated rings. The van der Waals surface area contributed by atoms with Crippen LogP contribution in [-0.2, 0) is 15.5 Å². The lowest BCUT2D eigenvalue weighted by Gasteiger charge is -2.36. The van der Waals surface area contributed by atoms with Gasteiger partial charge in [0.1, 0.15) is 0 Å². The summed E-state index contributed by atoms with van der Waals surface area (Å²) in [4.78, 5) is 15.0. The topological polar surface area (TPSA) is 102 Å². The summed E-state index contributed by atoms with van der Waals surface area (Å²) >= 11 is 6.04. The molecule has 0 saturated carbocycles. The number of amides is 1. The molecule has 1 heterocycles. The van der Waals surface area contributed by atoms with Crippen molar-refractivity contribution in [1.29, 1.82) is 0 Å². The van der Waals surface area contributed by atoms with Crippen LogP contribution in [0.2, 0.25) is 5.02 Å². The summed E-state index contributed by atoms with van der Waals surface area (Å²) in [6, 6.07) is 9.99. The fourth-order valence-electron chi connectivity index (χ4n) is 4.75. The Hall–Kier alpha value is -2.49. The van der Waals surface area contributed by atoms with Gasteiger partial charge in [-0.15, -0.1) is 0 Å². The van der Waals surface area contributed by atoms with Crippen LogP contribution >= 0.6 is 11.6 Å². The summed E-state index contributed by atoms with van der Waals surface area (Å²) in [5.41, 5.74) is 0.0383. The zero-order valence-corrected chi connectivity index (χ0v) is 20.6. The van der Waals surface area contributed by atoms with Crippen molar-refractivity contribution >= 4 is 27.6 Å². The van der Waals surface area contributed by atoms with Gasteiger partial charge in [-0.1, -0.05) is 30.7 Å². The number of methoxy groups -OCH3 is 3. The highest BCUT2D eigenvalue weighted by Gasteiger charge is 2.51. The molecule has 2 unspecified atom stereocenters. The van der Waals surface area contributed by atoms with Gasteiger partial charge in [-0.05, 0) is 42.7 Å². The van der Waals surface area contributed by atoms with Gasteiger partial charge in [-0.25, -0.2) is 0 Å². The van der Waals surface area contributed by atoms with Crippen molar-refractivity contribution in [3.8, 4) is 17.2 Å². The highest BCUT2D eigenvalue weighted by molar-refractivity contribution is 7.86. The molecule has 180 valence electrons. The second-order valence-corrected chi connectivity index (χ2v) is 10.0. The van der Waals surface area contributed by atoms with E-state index >= 15 is 0 Å². The Morgan fingerprint density at radius 1 is 1.12 bits per heavy atom. The van der Waals surface area contributed by atoms with Gasteiger partial charge in [0.25, 0.3) is 16.0 Å². The highest BCUT2D eigenvalue weighted by atomic mass is 35.5. The first-order chi connectivity index (χ1) is 15.6.